The molecule has 0 radical (unpaired) electrons. The predicted octanol–water partition coefficient (Wildman–Crippen LogP) is 3.99. The van der Waals surface area contributed by atoms with Crippen molar-refractivity contribution in [2.75, 3.05) is 12.3 Å². The van der Waals surface area contributed by atoms with Crippen LogP contribution in [0.25, 0.3) is 11.1 Å². The number of halogens is 1. The molecule has 0 aromatic heterocycles. The number of ether oxygens (including phenoxy) is 1. The summed E-state index contributed by atoms with van der Waals surface area (Å²) in [6.45, 7) is 2.64. The maximum absolute atomic E-state index is 5.89. The van der Waals surface area contributed by atoms with Gasteiger partial charge in [0.2, 0.25) is 0 Å². The Hall–Kier alpha value is -1.67. The number of rotatable bonds is 3. The van der Waals surface area contributed by atoms with Crippen molar-refractivity contribution in [1.82, 2.24) is 0 Å². The average Bonchev–Trinajstić information content (AvgIpc) is 2.34. The molecular weight excluding hydrogens is 234 g/mol. The molecule has 0 aliphatic carbocycles. The molecule has 2 nitrogen and oxygen atoms in total. The van der Waals surface area contributed by atoms with Crippen molar-refractivity contribution in [3.8, 4) is 16.9 Å². The lowest BCUT2D eigenvalue weighted by Crippen LogP contribution is -1.91. The second kappa shape index (κ2) is 5.11. The van der Waals surface area contributed by atoms with Gasteiger partial charge in [-0.2, -0.15) is 0 Å². The van der Waals surface area contributed by atoms with Crippen LogP contribution in [0.4, 0.5) is 5.69 Å². The lowest BCUT2D eigenvalue weighted by atomic mass is 10.1. The van der Waals surface area contributed by atoms with Gasteiger partial charge in [-0.05, 0) is 42.3 Å². The normalized spacial score (nSPS) is 10.2. The summed E-state index contributed by atoms with van der Waals surface area (Å²) >= 11 is 5.89. The molecule has 17 heavy (non-hydrogen) atoms. The Morgan fingerprint density at radius 1 is 1.06 bits per heavy atom. The van der Waals surface area contributed by atoms with E-state index < -0.39 is 0 Å². The Kier molecular flexibility index (Phi) is 3.55. The summed E-state index contributed by atoms with van der Waals surface area (Å²) in [5, 5.41) is 0.583. The van der Waals surface area contributed by atoms with Crippen LogP contribution in [-0.2, 0) is 0 Å². The quantitative estimate of drug-likeness (QED) is 0.833. The van der Waals surface area contributed by atoms with Crippen molar-refractivity contribution in [1.29, 1.82) is 0 Å². The van der Waals surface area contributed by atoms with Crippen LogP contribution in [0, 0.1) is 0 Å². The number of benzene rings is 2. The Bertz CT molecular complexity index is 508. The standard InChI is InChI=1S/C14H14ClNO/c1-2-17-12-6-3-10(4-7-12)11-5-8-13(15)14(16)9-11/h3-9H,2,16H2,1H3. The fourth-order valence-corrected chi connectivity index (χ4v) is 1.75. The number of hydrogen-bond donors (Lipinski definition) is 1. The Labute approximate surface area is 106 Å². The number of hydrogen-bond acceptors (Lipinski definition) is 2. The SMILES string of the molecule is CCOc1ccc(-c2ccc(Cl)c(N)c2)cc1. The molecule has 0 saturated carbocycles. The zero-order valence-corrected chi connectivity index (χ0v) is 10.4. The van der Waals surface area contributed by atoms with Gasteiger partial charge in [0.1, 0.15) is 5.75 Å². The summed E-state index contributed by atoms with van der Waals surface area (Å²) in [5.74, 6) is 0.873. The van der Waals surface area contributed by atoms with E-state index in [2.05, 4.69) is 0 Å². The van der Waals surface area contributed by atoms with Gasteiger partial charge in [-0.25, -0.2) is 0 Å². The highest BCUT2D eigenvalue weighted by Gasteiger charge is 2.01. The maximum Gasteiger partial charge on any atom is 0.119 e. The summed E-state index contributed by atoms with van der Waals surface area (Å²) in [6.07, 6.45) is 0. The van der Waals surface area contributed by atoms with Crippen LogP contribution in [0.2, 0.25) is 5.02 Å². The average molecular weight is 248 g/mol. The Morgan fingerprint density at radius 2 is 1.71 bits per heavy atom. The highest BCUT2D eigenvalue weighted by Crippen LogP contribution is 2.27. The molecular formula is C14H14ClNO. The fourth-order valence-electron chi connectivity index (χ4n) is 1.63. The molecule has 3 heteroatoms. The smallest absolute Gasteiger partial charge is 0.119 e. The number of anilines is 1. The molecule has 0 amide bonds. The highest BCUT2D eigenvalue weighted by atomic mass is 35.5. The van der Waals surface area contributed by atoms with Crippen molar-refractivity contribution in [3.05, 3.63) is 47.5 Å². The summed E-state index contributed by atoms with van der Waals surface area (Å²) < 4.78 is 5.39. The topological polar surface area (TPSA) is 35.2 Å². The molecule has 0 fully saturated rings. The molecule has 0 aliphatic heterocycles. The van der Waals surface area contributed by atoms with Crippen LogP contribution in [0.1, 0.15) is 6.92 Å². The fraction of sp³-hybridized carbons (Fsp3) is 0.143. The monoisotopic (exact) mass is 247 g/mol. The molecule has 0 aliphatic rings. The van der Waals surface area contributed by atoms with Gasteiger partial charge < -0.3 is 10.5 Å². The van der Waals surface area contributed by atoms with Crippen molar-refractivity contribution in [2.24, 2.45) is 0 Å². The van der Waals surface area contributed by atoms with Crippen molar-refractivity contribution >= 4 is 17.3 Å². The third-order valence-corrected chi connectivity index (χ3v) is 2.84. The summed E-state index contributed by atoms with van der Waals surface area (Å²) in [6, 6.07) is 13.5. The van der Waals surface area contributed by atoms with Gasteiger partial charge in [0.25, 0.3) is 0 Å². The van der Waals surface area contributed by atoms with Gasteiger partial charge in [-0.15, -0.1) is 0 Å². The zero-order valence-electron chi connectivity index (χ0n) is 9.61. The molecule has 0 atom stereocenters. The Morgan fingerprint density at radius 3 is 2.29 bits per heavy atom. The molecule has 2 aromatic carbocycles. The van der Waals surface area contributed by atoms with Gasteiger partial charge in [0.05, 0.1) is 17.3 Å². The van der Waals surface area contributed by atoms with E-state index in [0.717, 1.165) is 16.9 Å². The first-order valence-electron chi connectivity index (χ1n) is 5.49. The van der Waals surface area contributed by atoms with Crippen LogP contribution >= 0.6 is 11.6 Å². The van der Waals surface area contributed by atoms with E-state index >= 15 is 0 Å². The van der Waals surface area contributed by atoms with E-state index in [1.54, 1.807) is 0 Å². The minimum absolute atomic E-state index is 0.583. The first-order chi connectivity index (χ1) is 8.20. The van der Waals surface area contributed by atoms with Gasteiger partial charge in [-0.3, -0.25) is 0 Å². The molecule has 0 saturated heterocycles. The molecule has 88 valence electrons. The highest BCUT2D eigenvalue weighted by molar-refractivity contribution is 6.33. The molecule has 0 unspecified atom stereocenters. The summed E-state index contributed by atoms with van der Waals surface area (Å²) in [4.78, 5) is 0. The van der Waals surface area contributed by atoms with Crippen LogP contribution in [0.15, 0.2) is 42.5 Å². The first kappa shape index (κ1) is 11.8. The third-order valence-electron chi connectivity index (χ3n) is 2.49. The minimum atomic E-state index is 0.583. The summed E-state index contributed by atoms with van der Waals surface area (Å²) in [7, 11) is 0. The van der Waals surface area contributed by atoms with Crippen molar-refractivity contribution in [3.63, 3.8) is 0 Å². The molecule has 2 rings (SSSR count). The Balaban J connectivity index is 2.30. The second-order valence-corrected chi connectivity index (χ2v) is 4.10. The molecule has 0 spiro atoms. The number of nitrogens with two attached hydrogens (primary N) is 1. The van der Waals surface area contributed by atoms with Gasteiger partial charge in [-0.1, -0.05) is 29.8 Å². The van der Waals surface area contributed by atoms with Gasteiger partial charge in [0.15, 0.2) is 0 Å². The predicted molar refractivity (Wildman–Crippen MR) is 72.5 cm³/mol. The van der Waals surface area contributed by atoms with Crippen LogP contribution < -0.4 is 10.5 Å². The van der Waals surface area contributed by atoms with Crippen molar-refractivity contribution < 1.29 is 4.74 Å². The van der Waals surface area contributed by atoms with E-state index in [4.69, 9.17) is 22.1 Å². The third kappa shape index (κ3) is 2.71. The van der Waals surface area contributed by atoms with E-state index in [-0.39, 0.29) is 0 Å². The van der Waals surface area contributed by atoms with Crippen LogP contribution in [0.5, 0.6) is 5.75 Å². The van der Waals surface area contributed by atoms with E-state index in [1.165, 1.54) is 0 Å². The molecule has 2 aromatic rings. The van der Waals surface area contributed by atoms with E-state index in [0.29, 0.717) is 17.3 Å². The molecule has 0 bridgehead atoms. The van der Waals surface area contributed by atoms with Crippen LogP contribution in [0.3, 0.4) is 0 Å². The molecule has 0 heterocycles. The van der Waals surface area contributed by atoms with Gasteiger partial charge >= 0.3 is 0 Å². The minimum Gasteiger partial charge on any atom is -0.494 e. The van der Waals surface area contributed by atoms with Gasteiger partial charge in [0, 0.05) is 0 Å². The zero-order chi connectivity index (χ0) is 12.3. The van der Waals surface area contributed by atoms with Crippen LogP contribution in [-0.4, -0.2) is 6.61 Å². The largest absolute Gasteiger partial charge is 0.494 e. The lowest BCUT2D eigenvalue weighted by Gasteiger charge is -2.06. The lowest BCUT2D eigenvalue weighted by molar-refractivity contribution is 0.340. The van der Waals surface area contributed by atoms with E-state index in [1.807, 2.05) is 49.4 Å². The summed E-state index contributed by atoms with van der Waals surface area (Å²) in [5.41, 5.74) is 8.52. The molecule has 2 N–H and O–H groups in total. The van der Waals surface area contributed by atoms with E-state index in [9.17, 15) is 0 Å². The van der Waals surface area contributed by atoms with Crippen molar-refractivity contribution in [2.45, 2.75) is 6.92 Å². The maximum atomic E-state index is 5.89. The first-order valence-corrected chi connectivity index (χ1v) is 5.86. The second-order valence-electron chi connectivity index (χ2n) is 3.69. The number of nitrogen functional groups attached to an aromatic ring is 1.